The van der Waals surface area contributed by atoms with Crippen LogP contribution < -0.4 is 114 Å². The molecule has 0 aliphatic heterocycles. The Morgan fingerprint density at radius 2 is 0.777 bits per heavy atom. The number of unbranched alkanes of at least 4 members (excludes halogenated alkanes) is 2. The van der Waals surface area contributed by atoms with Gasteiger partial charge in [-0.1, -0.05) is 115 Å². The van der Waals surface area contributed by atoms with Gasteiger partial charge in [-0.3, -0.25) is 91.1 Å². The highest BCUT2D eigenvalue weighted by molar-refractivity contribution is 7.98. The monoisotopic (exact) mass is 1980 g/mol. The number of para-hydroxylation sites is 1. The Morgan fingerprint density at radius 1 is 0.381 bits per heavy atom. The summed E-state index contributed by atoms with van der Waals surface area (Å²) in [5, 5.41) is 68.3. The number of benzene rings is 3. The lowest BCUT2D eigenvalue weighted by Crippen LogP contribution is -2.62. The molecule has 0 radical (unpaired) electrons. The maximum absolute atomic E-state index is 15.2. The van der Waals surface area contributed by atoms with Crippen LogP contribution in [0.4, 0.5) is 0 Å². The van der Waals surface area contributed by atoms with Crippen LogP contribution in [0.3, 0.4) is 0 Å². The summed E-state index contributed by atoms with van der Waals surface area (Å²) in [7, 11) is 0. The lowest BCUT2D eigenvalue weighted by Gasteiger charge is -2.30. The fourth-order valence-corrected chi connectivity index (χ4v) is 15.3. The van der Waals surface area contributed by atoms with Gasteiger partial charge in [0.1, 0.15) is 90.3 Å². The Bertz CT molecular complexity index is 4800. The number of primary amides is 3. The van der Waals surface area contributed by atoms with Crippen molar-refractivity contribution >= 4 is 153 Å². The van der Waals surface area contributed by atoms with Crippen LogP contribution in [0.1, 0.15) is 174 Å². The molecule has 0 saturated heterocycles. The Balaban J connectivity index is 1.62. The molecule has 45 nitrogen and oxygen atoms in total. The number of amides is 18. The van der Waals surface area contributed by atoms with Gasteiger partial charge in [-0.05, 0) is 167 Å². The molecule has 4 aromatic rings. The Kier molecular flexibility index (Phi) is 52.8. The fourth-order valence-electron chi connectivity index (χ4n) is 14.3. The van der Waals surface area contributed by atoms with E-state index in [4.69, 9.17) is 34.4 Å². The Morgan fingerprint density at radius 3 is 1.26 bits per heavy atom. The van der Waals surface area contributed by atoms with Crippen LogP contribution in [0.5, 0.6) is 5.75 Å². The van der Waals surface area contributed by atoms with Crippen LogP contribution >= 0.6 is 23.5 Å². The number of nitrogens with one attached hydrogen (secondary N) is 16. The summed E-state index contributed by atoms with van der Waals surface area (Å²) < 4.78 is 0. The molecule has 17 atom stereocenters. The number of H-pyrrole nitrogens is 1. The van der Waals surface area contributed by atoms with Crippen molar-refractivity contribution in [3.8, 4) is 5.75 Å². The standard InChI is InChI=1S/C92H140N22O23S2/c1-10-50(5)75(98)89(133)108-60(26-18-20-40-94)80(124)104-62(32-35-71(96)117)82(126)109-66(43-53-21-13-12-14-22-53)88(132)114-77(51(6)11-2)91(135)111-68(46-72(97)118)87(131)107-65(38-42-139-9)83(127)110-67(45-55-47-99-58-24-16-15-23-57(55)58)86(130)106-61(31-34-70(95)116)81(125)105-63(33-36-74(120)121)85(129)113-76(49(3)4)90(134)100-48-73(119)102-59(25-17-19-39-93)79(123)101-52(7)78(122)103-64(37-41-138-8)84(128)112-69(92(136)137)44-54-27-29-56(115)30-28-54/h12-16,21-24,27-30,47,49-52,59-69,75-77,99,115H,10-11,17-20,25-26,31-46,48,93-94,98H2,1-9H3,(H2,95,116)(H2,96,117)(H2,97,118)(H,100,134)(H,101,123)(H,102,119)(H,103,122)(H,104,124)(H,105,125)(H,106,130)(H,107,131)(H,108,133)(H,109,126)(H,110,127)(H,111,135)(H,112,128)(H,113,129)(H,114,132)(H,120,121)(H,136,137)/t50-,51-,52-,59-,60-,61-,62-,63-,64-,65-,66-,67-,68-,69-,75-,76-,77-/m0/s1. The number of aromatic amines is 1. The van der Waals surface area contributed by atoms with E-state index < -0.39 is 266 Å². The quantitative estimate of drug-likeness (QED) is 0.0196. The lowest BCUT2D eigenvalue weighted by molar-refractivity contribution is -0.142. The number of phenols is 1. The molecule has 139 heavy (non-hydrogen) atoms. The fraction of sp³-hybridized carbons (Fsp3) is 0.565. The molecular weight excluding hydrogens is 1850 g/mol. The summed E-state index contributed by atoms with van der Waals surface area (Å²) in [6, 6.07) is -2.09. The number of hydrogen-bond donors (Lipinski definition) is 25. The number of fused-ring (bicyclic) bond motifs is 1. The van der Waals surface area contributed by atoms with E-state index in [1.807, 2.05) is 6.92 Å². The number of carbonyl (C=O) groups excluding carboxylic acids is 18. The first-order valence-electron chi connectivity index (χ1n) is 46.2. The molecule has 0 aliphatic carbocycles. The SMILES string of the molecule is CC[C@H](C)[C@H](N)C(=O)N[C@@H](CCCCN)C(=O)N[C@@H](CCC(N)=O)C(=O)N[C@@H](Cc1ccccc1)C(=O)N[C@H](C(=O)N[C@@H](CC(N)=O)C(=O)N[C@@H](CCSC)C(=O)N[C@@H](Cc1c[nH]c2ccccc12)C(=O)N[C@@H](CCC(N)=O)C(=O)N[C@@H](CCC(=O)O)C(=O)N[C@H](C(=O)NCC(=O)N[C@@H](CCCCN)C(=O)N[C@@H](C)C(=O)N[C@@H](CCSC)C(=O)N[C@@H](Cc1ccc(O)cc1)C(=O)O)C(C)C)[C@@H](C)CC. The van der Waals surface area contributed by atoms with E-state index >= 15 is 9.59 Å². The number of rotatable bonds is 67. The molecule has 3 aromatic carbocycles. The number of hydrogen-bond acceptors (Lipinski definition) is 26. The van der Waals surface area contributed by atoms with Gasteiger partial charge in [-0.25, -0.2) is 4.79 Å². The van der Waals surface area contributed by atoms with E-state index in [9.17, 15) is 102 Å². The van der Waals surface area contributed by atoms with Crippen LogP contribution in [-0.4, -0.2) is 273 Å². The zero-order valence-corrected chi connectivity index (χ0v) is 81.6. The summed E-state index contributed by atoms with van der Waals surface area (Å²) in [5.41, 5.74) is 36.6. The normalized spacial score (nSPS) is 14.9. The van der Waals surface area contributed by atoms with Gasteiger partial charge in [0.2, 0.25) is 106 Å². The minimum absolute atomic E-state index is 0.0352. The Labute approximate surface area is 815 Å². The van der Waals surface area contributed by atoms with Gasteiger partial charge in [0.05, 0.1) is 19.0 Å². The number of aromatic hydroxyl groups is 1. The van der Waals surface area contributed by atoms with Gasteiger partial charge in [0.15, 0.2) is 0 Å². The number of aliphatic carboxylic acids is 2. The Hall–Kier alpha value is -13.0. The summed E-state index contributed by atoms with van der Waals surface area (Å²) in [4.78, 5) is 281. The van der Waals surface area contributed by atoms with Gasteiger partial charge in [0.25, 0.3) is 0 Å². The van der Waals surface area contributed by atoms with Crippen LogP contribution in [0.15, 0.2) is 85.1 Å². The first kappa shape index (κ1) is 118. The van der Waals surface area contributed by atoms with E-state index in [0.717, 1.165) is 0 Å². The predicted octanol–water partition coefficient (Wildman–Crippen LogP) is -2.98. The molecule has 0 spiro atoms. The van der Waals surface area contributed by atoms with Gasteiger partial charge in [-0.2, -0.15) is 23.5 Å². The zero-order chi connectivity index (χ0) is 104. The van der Waals surface area contributed by atoms with Crippen molar-refractivity contribution in [1.82, 2.24) is 84.7 Å². The van der Waals surface area contributed by atoms with Crippen LogP contribution in [-0.2, 0) is 115 Å². The molecule has 0 aliphatic rings. The molecule has 31 N–H and O–H groups in total. The van der Waals surface area contributed by atoms with E-state index in [0.29, 0.717) is 59.0 Å². The summed E-state index contributed by atoms with van der Waals surface area (Å²) in [5.74, 6) is -22.0. The summed E-state index contributed by atoms with van der Waals surface area (Å²) in [6.07, 6.45) is 1.85. The molecular formula is C92H140N22O23S2. The number of thioether (sulfide) groups is 2. The van der Waals surface area contributed by atoms with Crippen molar-refractivity contribution in [3.05, 3.63) is 102 Å². The molecule has 18 amide bonds. The predicted molar refractivity (Wildman–Crippen MR) is 518 cm³/mol. The number of aromatic nitrogens is 1. The number of carboxylic acids is 2. The summed E-state index contributed by atoms with van der Waals surface area (Å²) >= 11 is 2.56. The second kappa shape index (κ2) is 62.0. The highest BCUT2D eigenvalue weighted by Crippen LogP contribution is 2.22. The molecule has 0 unspecified atom stereocenters. The average molecular weight is 1990 g/mol. The van der Waals surface area contributed by atoms with Crippen molar-refractivity contribution in [2.24, 2.45) is 52.2 Å². The van der Waals surface area contributed by atoms with E-state index in [1.54, 1.807) is 87.9 Å². The van der Waals surface area contributed by atoms with Crippen molar-refractivity contribution in [1.29, 1.82) is 0 Å². The van der Waals surface area contributed by atoms with Crippen molar-refractivity contribution < 1.29 is 111 Å². The van der Waals surface area contributed by atoms with Gasteiger partial charge >= 0.3 is 11.9 Å². The van der Waals surface area contributed by atoms with E-state index in [-0.39, 0.29) is 94.7 Å². The molecule has 47 heteroatoms. The second-order valence-corrected chi connectivity index (χ2v) is 36.4. The first-order chi connectivity index (χ1) is 65.9. The molecule has 0 bridgehead atoms. The molecule has 0 fully saturated rings. The number of carbonyl (C=O) groups is 20. The average Bonchev–Trinajstić information content (AvgIpc) is 1.67. The number of phenolic OH excluding ortho intramolecular Hbond substituents is 1. The highest BCUT2D eigenvalue weighted by Gasteiger charge is 2.40. The van der Waals surface area contributed by atoms with Crippen molar-refractivity contribution in [3.63, 3.8) is 0 Å². The van der Waals surface area contributed by atoms with E-state index in [2.05, 4.69) is 84.7 Å². The maximum Gasteiger partial charge on any atom is 0.326 e. The minimum Gasteiger partial charge on any atom is -0.508 e. The second-order valence-electron chi connectivity index (χ2n) is 34.4. The molecule has 4 rings (SSSR count). The van der Waals surface area contributed by atoms with Crippen LogP contribution in [0.2, 0.25) is 0 Å². The van der Waals surface area contributed by atoms with Gasteiger partial charge in [-0.15, -0.1) is 0 Å². The first-order valence-corrected chi connectivity index (χ1v) is 49.0. The van der Waals surface area contributed by atoms with Gasteiger partial charge < -0.3 is 134 Å². The smallest absolute Gasteiger partial charge is 0.326 e. The third-order valence-electron chi connectivity index (χ3n) is 23.0. The topological polar surface area (TPSA) is 754 Å². The highest BCUT2D eigenvalue weighted by atomic mass is 32.2. The van der Waals surface area contributed by atoms with Crippen LogP contribution in [0.25, 0.3) is 10.9 Å². The van der Waals surface area contributed by atoms with E-state index in [1.165, 1.54) is 74.8 Å². The minimum atomic E-state index is -1.90. The molecule has 0 saturated carbocycles. The lowest BCUT2D eigenvalue weighted by atomic mass is 9.96. The van der Waals surface area contributed by atoms with Crippen molar-refractivity contribution in [2.75, 3.05) is 43.7 Å². The molecule has 1 aromatic heterocycles. The third kappa shape index (κ3) is 42.5. The number of nitrogens with two attached hydrogens (primary N) is 6. The largest absolute Gasteiger partial charge is 0.508 e. The summed E-state index contributed by atoms with van der Waals surface area (Å²) in [6.45, 7) is 10.7. The number of carboxylic acid groups (broad SMARTS) is 2. The van der Waals surface area contributed by atoms with Gasteiger partial charge in [0, 0.05) is 55.6 Å². The third-order valence-corrected chi connectivity index (χ3v) is 24.3. The maximum atomic E-state index is 15.2. The van der Waals surface area contributed by atoms with Crippen molar-refractivity contribution in [2.45, 2.75) is 268 Å². The zero-order valence-electron chi connectivity index (χ0n) is 79.9. The molecule has 768 valence electrons. The molecule has 1 heterocycles. The van der Waals surface area contributed by atoms with Crippen LogP contribution in [0, 0.1) is 17.8 Å².